The van der Waals surface area contributed by atoms with Crippen LogP contribution in [0.25, 0.3) is 0 Å². The minimum absolute atomic E-state index is 0.247. The van der Waals surface area contributed by atoms with Gasteiger partial charge in [0.2, 0.25) is 0 Å². The Morgan fingerprint density at radius 2 is 2.04 bits per heavy atom. The van der Waals surface area contributed by atoms with E-state index in [0.717, 1.165) is 46.0 Å². The fourth-order valence-corrected chi connectivity index (χ4v) is 5.00. The highest BCUT2D eigenvalue weighted by Gasteiger charge is 2.26. The molecule has 2 aromatic rings. The van der Waals surface area contributed by atoms with Crippen molar-refractivity contribution in [1.82, 2.24) is 10.2 Å². The van der Waals surface area contributed by atoms with Gasteiger partial charge in [0.25, 0.3) is 0 Å². The van der Waals surface area contributed by atoms with E-state index in [0.29, 0.717) is 6.54 Å². The lowest BCUT2D eigenvalue weighted by molar-refractivity contribution is 0.561. The third-order valence-corrected chi connectivity index (χ3v) is 6.57. The van der Waals surface area contributed by atoms with Gasteiger partial charge in [-0.25, -0.2) is 0 Å². The molecule has 3 nitrogen and oxygen atoms in total. The third kappa shape index (κ3) is 4.48. The van der Waals surface area contributed by atoms with Crippen LogP contribution in [0.5, 0.6) is 0 Å². The second-order valence-electron chi connectivity index (χ2n) is 6.80. The molecule has 1 heterocycles. The third-order valence-electron chi connectivity index (χ3n) is 4.98. The Bertz CT molecular complexity index is 851. The van der Waals surface area contributed by atoms with Crippen molar-refractivity contribution in [3.8, 4) is 0 Å². The van der Waals surface area contributed by atoms with Gasteiger partial charge in [-0.15, -0.1) is 0 Å². The van der Waals surface area contributed by atoms with Gasteiger partial charge in [-0.1, -0.05) is 59.8 Å². The van der Waals surface area contributed by atoms with E-state index in [4.69, 9.17) is 28.8 Å². The summed E-state index contributed by atoms with van der Waals surface area (Å²) in [5.41, 5.74) is 3.98. The van der Waals surface area contributed by atoms with Gasteiger partial charge in [-0.3, -0.25) is 9.89 Å². The van der Waals surface area contributed by atoms with Crippen molar-refractivity contribution in [1.29, 1.82) is 0 Å². The number of aliphatic imine (C=N–C) groups is 1. The molecule has 0 aromatic heterocycles. The smallest absolute Gasteiger partial charge is 0.175 e. The highest BCUT2D eigenvalue weighted by molar-refractivity contribution is 8.14. The Morgan fingerprint density at radius 3 is 2.89 bits per heavy atom. The van der Waals surface area contributed by atoms with Crippen LogP contribution in [0.3, 0.4) is 0 Å². The largest absolute Gasteiger partial charge is 0.358 e. The van der Waals surface area contributed by atoms with E-state index in [9.17, 15) is 0 Å². The summed E-state index contributed by atoms with van der Waals surface area (Å²) < 4.78 is 0. The maximum atomic E-state index is 5.95. The van der Waals surface area contributed by atoms with Crippen molar-refractivity contribution in [2.45, 2.75) is 31.8 Å². The monoisotopic (exact) mass is 415 g/mol. The summed E-state index contributed by atoms with van der Waals surface area (Å²) in [5.74, 6) is 1.02. The van der Waals surface area contributed by atoms with Crippen LogP contribution in [-0.2, 0) is 13.0 Å². The molecule has 0 bridgehead atoms. The molecular formula is C21H22ClN3S2. The predicted molar refractivity (Wildman–Crippen MR) is 120 cm³/mol. The van der Waals surface area contributed by atoms with E-state index >= 15 is 0 Å². The lowest BCUT2D eigenvalue weighted by atomic mass is 9.88. The number of halogens is 1. The highest BCUT2D eigenvalue weighted by atomic mass is 35.5. The Kier molecular flexibility index (Phi) is 6.01. The minimum atomic E-state index is 0.247. The Balaban J connectivity index is 1.45. The standard InChI is InChI=1S/C21H22ClN3S2/c22-17-10-8-15(9-11-17)14-23-20(26)25-12-13-27-21(25)24-19-7-3-5-16-4-1-2-6-18(16)19/h1-2,4,6,8-11,19H,3,5,7,12-14H2,(H,23,26)/b24-21-/t19-/m0/s1. The first kappa shape index (κ1) is 18.8. The van der Waals surface area contributed by atoms with Crippen LogP contribution in [-0.4, -0.2) is 27.5 Å². The summed E-state index contributed by atoms with van der Waals surface area (Å²) in [7, 11) is 0. The maximum Gasteiger partial charge on any atom is 0.175 e. The van der Waals surface area contributed by atoms with E-state index in [2.05, 4.69) is 34.5 Å². The van der Waals surface area contributed by atoms with E-state index < -0.39 is 0 Å². The number of thioether (sulfide) groups is 1. The molecule has 27 heavy (non-hydrogen) atoms. The Morgan fingerprint density at radius 1 is 1.22 bits per heavy atom. The van der Waals surface area contributed by atoms with E-state index in [-0.39, 0.29) is 6.04 Å². The summed E-state index contributed by atoms with van der Waals surface area (Å²) >= 11 is 13.4. The number of fused-ring (bicyclic) bond motifs is 1. The van der Waals surface area contributed by atoms with Gasteiger partial charge >= 0.3 is 0 Å². The lowest BCUT2D eigenvalue weighted by Crippen LogP contribution is -2.40. The molecule has 0 unspecified atom stereocenters. The molecule has 1 aliphatic heterocycles. The number of nitrogens with zero attached hydrogens (tertiary/aromatic N) is 2. The molecule has 0 radical (unpaired) electrons. The van der Waals surface area contributed by atoms with Crippen molar-refractivity contribution < 1.29 is 0 Å². The molecule has 0 spiro atoms. The number of hydrogen-bond donors (Lipinski definition) is 1. The quantitative estimate of drug-likeness (QED) is 0.697. The van der Waals surface area contributed by atoms with Crippen molar-refractivity contribution in [3.05, 3.63) is 70.2 Å². The van der Waals surface area contributed by atoms with Crippen LogP contribution in [0.1, 0.15) is 35.6 Å². The number of amidine groups is 1. The van der Waals surface area contributed by atoms with Gasteiger partial charge in [0.05, 0.1) is 6.04 Å². The molecule has 0 amide bonds. The van der Waals surface area contributed by atoms with Gasteiger partial charge in [0.1, 0.15) is 0 Å². The second-order valence-corrected chi connectivity index (χ2v) is 8.69. The van der Waals surface area contributed by atoms with Crippen LogP contribution < -0.4 is 5.32 Å². The summed E-state index contributed by atoms with van der Waals surface area (Å²) in [6, 6.07) is 16.8. The van der Waals surface area contributed by atoms with Crippen molar-refractivity contribution in [2.24, 2.45) is 4.99 Å². The summed E-state index contributed by atoms with van der Waals surface area (Å²) in [5, 5.41) is 5.91. The number of aryl methyl sites for hydroxylation is 1. The predicted octanol–water partition coefficient (Wildman–Crippen LogP) is 5.20. The lowest BCUT2D eigenvalue weighted by Gasteiger charge is -2.25. The first-order chi connectivity index (χ1) is 13.2. The molecule has 2 aliphatic rings. The Hall–Kier alpha value is -1.56. The van der Waals surface area contributed by atoms with Crippen LogP contribution in [0.15, 0.2) is 53.5 Å². The van der Waals surface area contributed by atoms with Crippen LogP contribution >= 0.6 is 35.6 Å². The summed E-state index contributed by atoms with van der Waals surface area (Å²) in [6.45, 7) is 1.60. The van der Waals surface area contributed by atoms with E-state index in [1.165, 1.54) is 17.5 Å². The first-order valence-corrected chi connectivity index (χ1v) is 11.1. The molecule has 2 aromatic carbocycles. The SMILES string of the molecule is S=C(NCc1ccc(Cl)cc1)N1CCS/C1=N\[C@H]1CCCc2ccccc21. The summed E-state index contributed by atoms with van der Waals surface area (Å²) in [4.78, 5) is 7.25. The molecular weight excluding hydrogens is 394 g/mol. The second kappa shape index (κ2) is 8.63. The normalized spacial score (nSPS) is 20.6. The van der Waals surface area contributed by atoms with Gasteiger partial charge < -0.3 is 5.32 Å². The number of hydrogen-bond acceptors (Lipinski definition) is 3. The zero-order valence-electron chi connectivity index (χ0n) is 15.0. The maximum absolute atomic E-state index is 5.95. The molecule has 1 aliphatic carbocycles. The molecule has 1 N–H and O–H groups in total. The zero-order valence-corrected chi connectivity index (χ0v) is 17.4. The highest BCUT2D eigenvalue weighted by Crippen LogP contribution is 2.34. The van der Waals surface area contributed by atoms with Crippen molar-refractivity contribution in [2.75, 3.05) is 12.3 Å². The zero-order chi connectivity index (χ0) is 18.6. The Labute approximate surface area is 175 Å². The molecule has 1 saturated heterocycles. The molecule has 6 heteroatoms. The van der Waals surface area contributed by atoms with Crippen LogP contribution in [0.2, 0.25) is 5.02 Å². The molecule has 0 saturated carbocycles. The van der Waals surface area contributed by atoms with Gasteiger partial charge in [-0.2, -0.15) is 0 Å². The minimum Gasteiger partial charge on any atom is -0.358 e. The fourth-order valence-electron chi connectivity index (χ4n) is 3.57. The average Bonchev–Trinajstić information content (AvgIpc) is 3.16. The average molecular weight is 416 g/mol. The first-order valence-electron chi connectivity index (χ1n) is 9.29. The molecule has 1 fully saturated rings. The molecule has 4 rings (SSSR count). The molecule has 140 valence electrons. The van der Waals surface area contributed by atoms with Gasteiger partial charge in [0, 0.05) is 23.9 Å². The van der Waals surface area contributed by atoms with Crippen LogP contribution in [0.4, 0.5) is 0 Å². The van der Waals surface area contributed by atoms with Crippen LogP contribution in [0, 0.1) is 0 Å². The molecule has 1 atom stereocenters. The van der Waals surface area contributed by atoms with Gasteiger partial charge in [-0.05, 0) is 60.3 Å². The van der Waals surface area contributed by atoms with E-state index in [1.54, 1.807) is 11.8 Å². The fraction of sp³-hybridized carbons (Fsp3) is 0.333. The number of thiocarbonyl (C=S) groups is 1. The number of benzene rings is 2. The van der Waals surface area contributed by atoms with Gasteiger partial charge in [0.15, 0.2) is 10.3 Å². The van der Waals surface area contributed by atoms with Crippen molar-refractivity contribution >= 4 is 45.9 Å². The van der Waals surface area contributed by atoms with E-state index in [1.807, 2.05) is 24.3 Å². The number of rotatable bonds is 3. The number of nitrogens with one attached hydrogen (secondary N) is 1. The topological polar surface area (TPSA) is 27.6 Å². The summed E-state index contributed by atoms with van der Waals surface area (Å²) in [6.07, 6.45) is 3.47. The van der Waals surface area contributed by atoms with Crippen molar-refractivity contribution in [3.63, 3.8) is 0 Å².